The third-order valence-electron chi connectivity index (χ3n) is 5.00. The summed E-state index contributed by atoms with van der Waals surface area (Å²) in [5, 5.41) is 1.33. The van der Waals surface area contributed by atoms with E-state index in [9.17, 15) is 0 Å². The van der Waals surface area contributed by atoms with E-state index in [4.69, 9.17) is 0 Å². The van der Waals surface area contributed by atoms with Gasteiger partial charge in [0.2, 0.25) is 0 Å². The zero-order valence-corrected chi connectivity index (χ0v) is 17.2. The molecule has 1 aliphatic rings. The number of aromatic amines is 1. The van der Waals surface area contributed by atoms with Crippen molar-refractivity contribution in [3.05, 3.63) is 76.4 Å². The fourth-order valence-electron chi connectivity index (χ4n) is 3.50. The quantitative estimate of drug-likeness (QED) is 0.490. The molecule has 0 saturated heterocycles. The molecule has 4 rings (SSSR count). The van der Waals surface area contributed by atoms with Gasteiger partial charge in [0, 0.05) is 47.2 Å². The van der Waals surface area contributed by atoms with Crippen LogP contribution < -0.4 is 0 Å². The van der Waals surface area contributed by atoms with Gasteiger partial charge < -0.3 is 4.98 Å². The molecule has 1 aliphatic heterocycles. The first-order valence-corrected chi connectivity index (χ1v) is 11.0. The third-order valence-corrected chi connectivity index (χ3v) is 6.64. The van der Waals surface area contributed by atoms with Gasteiger partial charge in [-0.3, -0.25) is 4.90 Å². The minimum Gasteiger partial charge on any atom is -0.360 e. The molecule has 0 amide bonds. The molecule has 2 nitrogen and oxygen atoms in total. The second-order valence-electron chi connectivity index (χ2n) is 6.67. The number of nitrogens with one attached hydrogen (secondary N) is 1. The molecule has 0 bridgehead atoms. The molecule has 26 heavy (non-hydrogen) atoms. The van der Waals surface area contributed by atoms with Crippen LogP contribution in [0.25, 0.3) is 16.5 Å². The van der Waals surface area contributed by atoms with Crippen LogP contribution in [0, 0.1) is 0 Å². The van der Waals surface area contributed by atoms with Crippen molar-refractivity contribution in [3.8, 4) is 0 Å². The van der Waals surface area contributed by atoms with Gasteiger partial charge in [-0.2, -0.15) is 11.8 Å². The van der Waals surface area contributed by atoms with Gasteiger partial charge >= 0.3 is 0 Å². The molecule has 0 aliphatic carbocycles. The van der Waals surface area contributed by atoms with Crippen LogP contribution in [0.15, 0.2) is 65.3 Å². The third kappa shape index (κ3) is 4.08. The highest BCUT2D eigenvalue weighted by atomic mass is 79.9. The summed E-state index contributed by atoms with van der Waals surface area (Å²) in [7, 11) is 0. The van der Waals surface area contributed by atoms with Gasteiger partial charge in [0.05, 0.1) is 5.52 Å². The fourth-order valence-corrected chi connectivity index (χ4v) is 4.97. The summed E-state index contributed by atoms with van der Waals surface area (Å²) < 4.78 is 1.14. The Morgan fingerprint density at radius 3 is 2.77 bits per heavy atom. The van der Waals surface area contributed by atoms with Crippen molar-refractivity contribution in [3.63, 3.8) is 0 Å². The van der Waals surface area contributed by atoms with Gasteiger partial charge in [-0.1, -0.05) is 48.5 Å². The molecule has 0 unspecified atom stereocenters. The van der Waals surface area contributed by atoms with Crippen molar-refractivity contribution in [2.45, 2.75) is 12.2 Å². The van der Waals surface area contributed by atoms with Gasteiger partial charge in [0.1, 0.15) is 0 Å². The number of thioether (sulfide) groups is 1. The Balaban J connectivity index is 1.26. The zero-order chi connectivity index (χ0) is 17.8. The van der Waals surface area contributed by atoms with Gasteiger partial charge in [-0.25, -0.2) is 0 Å². The molecule has 134 valence electrons. The molecule has 1 N–H and O–H groups in total. The van der Waals surface area contributed by atoms with Crippen molar-refractivity contribution < 1.29 is 0 Å². The standard InChI is InChI=1S/C22H23BrN2S/c23-21-8-4-7-20-19(15-24-22(20)21)16-26-14-13-25-11-9-18(10-12-25)17-5-2-1-3-6-17/h1-9,15,24H,10-14,16H2. The van der Waals surface area contributed by atoms with E-state index < -0.39 is 0 Å². The van der Waals surface area contributed by atoms with Crippen LogP contribution in [0.5, 0.6) is 0 Å². The van der Waals surface area contributed by atoms with E-state index >= 15 is 0 Å². The van der Waals surface area contributed by atoms with E-state index in [1.807, 2.05) is 11.8 Å². The molecule has 0 atom stereocenters. The minimum atomic E-state index is 1.06. The van der Waals surface area contributed by atoms with Gasteiger partial charge in [-0.15, -0.1) is 0 Å². The van der Waals surface area contributed by atoms with Crippen molar-refractivity contribution in [2.75, 3.05) is 25.4 Å². The lowest BCUT2D eigenvalue weighted by Crippen LogP contribution is -2.30. The van der Waals surface area contributed by atoms with E-state index in [1.165, 1.54) is 39.9 Å². The molecular weight excluding hydrogens is 404 g/mol. The van der Waals surface area contributed by atoms with E-state index in [0.717, 1.165) is 29.7 Å². The lowest BCUT2D eigenvalue weighted by atomic mass is 10.00. The second-order valence-corrected chi connectivity index (χ2v) is 8.63. The van der Waals surface area contributed by atoms with E-state index in [2.05, 4.69) is 86.6 Å². The summed E-state index contributed by atoms with van der Waals surface area (Å²) >= 11 is 5.64. The Kier molecular flexibility index (Phi) is 5.83. The zero-order valence-electron chi connectivity index (χ0n) is 14.7. The number of hydrogen-bond acceptors (Lipinski definition) is 2. The Bertz CT molecular complexity index is 901. The monoisotopic (exact) mass is 426 g/mol. The number of aromatic nitrogens is 1. The summed E-state index contributed by atoms with van der Waals surface area (Å²) in [5.74, 6) is 2.24. The maximum atomic E-state index is 3.62. The molecule has 4 heteroatoms. The first kappa shape index (κ1) is 17.9. The lowest BCUT2D eigenvalue weighted by molar-refractivity contribution is 0.321. The number of halogens is 1. The van der Waals surface area contributed by atoms with Crippen LogP contribution in [0.1, 0.15) is 17.5 Å². The van der Waals surface area contributed by atoms with Crippen molar-refractivity contribution in [1.29, 1.82) is 0 Å². The number of H-pyrrole nitrogens is 1. The van der Waals surface area contributed by atoms with E-state index in [0.29, 0.717) is 0 Å². The fraction of sp³-hybridized carbons (Fsp3) is 0.273. The highest BCUT2D eigenvalue weighted by molar-refractivity contribution is 9.10. The van der Waals surface area contributed by atoms with Crippen LogP contribution in [-0.4, -0.2) is 35.3 Å². The maximum absolute atomic E-state index is 3.62. The summed E-state index contributed by atoms with van der Waals surface area (Å²) in [5.41, 5.74) is 5.49. The Hall–Kier alpha value is -1.49. The number of para-hydroxylation sites is 1. The van der Waals surface area contributed by atoms with Crippen LogP contribution in [0.3, 0.4) is 0 Å². The molecule has 3 aromatic rings. The molecule has 0 radical (unpaired) electrons. The van der Waals surface area contributed by atoms with Crippen LogP contribution in [0.2, 0.25) is 0 Å². The second kappa shape index (κ2) is 8.47. The predicted octanol–water partition coefficient (Wildman–Crippen LogP) is 5.95. The first-order chi connectivity index (χ1) is 12.8. The highest BCUT2D eigenvalue weighted by Gasteiger charge is 2.12. The summed E-state index contributed by atoms with van der Waals surface area (Å²) in [6.45, 7) is 3.40. The van der Waals surface area contributed by atoms with Crippen LogP contribution in [0.4, 0.5) is 0 Å². The largest absolute Gasteiger partial charge is 0.360 e. The van der Waals surface area contributed by atoms with Crippen molar-refractivity contribution >= 4 is 44.2 Å². The summed E-state index contributed by atoms with van der Waals surface area (Å²) in [6, 6.07) is 17.2. The summed E-state index contributed by atoms with van der Waals surface area (Å²) in [6.07, 6.45) is 5.71. The minimum absolute atomic E-state index is 1.06. The number of nitrogens with zero attached hydrogens (tertiary/aromatic N) is 1. The Morgan fingerprint density at radius 2 is 1.96 bits per heavy atom. The van der Waals surface area contributed by atoms with Gasteiger partial charge in [0.15, 0.2) is 0 Å². The molecule has 1 aromatic heterocycles. The van der Waals surface area contributed by atoms with Crippen molar-refractivity contribution in [2.24, 2.45) is 0 Å². The number of benzene rings is 2. The maximum Gasteiger partial charge on any atom is 0.0601 e. The molecule has 0 spiro atoms. The Morgan fingerprint density at radius 1 is 1.08 bits per heavy atom. The number of hydrogen-bond donors (Lipinski definition) is 1. The topological polar surface area (TPSA) is 19.0 Å². The van der Waals surface area contributed by atoms with Crippen LogP contribution >= 0.6 is 27.7 Å². The molecule has 0 fully saturated rings. The van der Waals surface area contributed by atoms with Crippen molar-refractivity contribution in [1.82, 2.24) is 9.88 Å². The van der Waals surface area contributed by atoms with Gasteiger partial charge in [0.25, 0.3) is 0 Å². The molecule has 0 saturated carbocycles. The molecular formula is C22H23BrN2S. The number of rotatable bonds is 6. The summed E-state index contributed by atoms with van der Waals surface area (Å²) in [4.78, 5) is 5.95. The first-order valence-electron chi connectivity index (χ1n) is 9.10. The average molecular weight is 427 g/mol. The van der Waals surface area contributed by atoms with Crippen LogP contribution in [-0.2, 0) is 5.75 Å². The number of fused-ring (bicyclic) bond motifs is 1. The highest BCUT2D eigenvalue weighted by Crippen LogP contribution is 2.28. The van der Waals surface area contributed by atoms with Gasteiger partial charge in [-0.05, 0) is 45.1 Å². The SMILES string of the molecule is Brc1cccc2c(CSCCN3CC=C(c4ccccc4)CC3)c[nH]c12. The predicted molar refractivity (Wildman–Crippen MR) is 118 cm³/mol. The average Bonchev–Trinajstić information content (AvgIpc) is 3.11. The smallest absolute Gasteiger partial charge is 0.0601 e. The lowest BCUT2D eigenvalue weighted by Gasteiger charge is -2.26. The Labute approximate surface area is 167 Å². The van der Waals surface area contributed by atoms with E-state index in [1.54, 1.807) is 0 Å². The molecule has 2 heterocycles. The molecule has 2 aromatic carbocycles. The van der Waals surface area contributed by atoms with E-state index in [-0.39, 0.29) is 0 Å². The normalized spacial score (nSPS) is 15.3.